The summed E-state index contributed by atoms with van der Waals surface area (Å²) in [5.74, 6) is 4.74. The Morgan fingerprint density at radius 3 is 2.63 bits per heavy atom. The molecule has 1 nitrogen and oxygen atoms in total. The van der Waals surface area contributed by atoms with E-state index in [-0.39, 0.29) is 6.10 Å². The Morgan fingerprint density at radius 2 is 1.93 bits per heavy atom. The fourth-order valence-electron chi connectivity index (χ4n) is 8.73. The second kappa shape index (κ2) is 8.42. The maximum Gasteiger partial charge on any atom is 0.0543 e. The smallest absolute Gasteiger partial charge is 0.0543 e. The first kappa shape index (κ1) is 22.6. The van der Waals surface area contributed by atoms with Crippen molar-refractivity contribution in [3.8, 4) is 0 Å². The lowest BCUT2D eigenvalue weighted by atomic mass is 9.48. The number of rotatable bonds is 6. The third-order valence-corrected chi connectivity index (χ3v) is 10.8. The Morgan fingerprint density at radius 1 is 1.17 bits per heavy atom. The first-order chi connectivity index (χ1) is 14.2. The van der Waals surface area contributed by atoms with Crippen LogP contribution in [0.3, 0.4) is 0 Å². The van der Waals surface area contributed by atoms with Crippen LogP contribution in [0.1, 0.15) is 105 Å². The van der Waals surface area contributed by atoms with Crippen LogP contribution < -0.4 is 0 Å². The standard InChI is InChI=1S/C29H48O/c1-7-21(19(2)3)9-8-20(4)25-12-13-26-24-11-10-22-18-23(30)14-16-28(22,5)27(24)15-17-29(25,26)6/h15,19,21-26,30H,4,7-14,16-18H2,1-3,5-6H3. The quantitative estimate of drug-likeness (QED) is 0.439. The summed E-state index contributed by atoms with van der Waals surface area (Å²) in [6.07, 6.45) is 16.5. The third kappa shape index (κ3) is 3.66. The molecule has 1 heteroatoms. The molecular formula is C29H48O. The molecule has 8 atom stereocenters. The van der Waals surface area contributed by atoms with E-state index >= 15 is 0 Å². The summed E-state index contributed by atoms with van der Waals surface area (Å²) in [7, 11) is 0. The van der Waals surface area contributed by atoms with E-state index in [9.17, 15) is 5.11 Å². The molecule has 3 saturated carbocycles. The first-order valence-corrected chi connectivity index (χ1v) is 13.3. The van der Waals surface area contributed by atoms with Gasteiger partial charge in [-0.2, -0.15) is 0 Å². The maximum atomic E-state index is 10.3. The second-order valence-electron chi connectivity index (χ2n) is 12.4. The normalized spacial score (nSPS) is 44.1. The molecule has 0 saturated heterocycles. The van der Waals surface area contributed by atoms with Crippen molar-refractivity contribution in [2.24, 2.45) is 46.3 Å². The molecule has 8 unspecified atom stereocenters. The molecule has 30 heavy (non-hydrogen) atoms. The van der Waals surface area contributed by atoms with Crippen LogP contribution >= 0.6 is 0 Å². The van der Waals surface area contributed by atoms with Gasteiger partial charge < -0.3 is 5.11 Å². The molecule has 0 aromatic carbocycles. The van der Waals surface area contributed by atoms with Crippen LogP contribution in [0.25, 0.3) is 0 Å². The Labute approximate surface area is 186 Å². The molecule has 1 N–H and O–H groups in total. The molecule has 0 spiro atoms. The van der Waals surface area contributed by atoms with Crippen LogP contribution in [-0.2, 0) is 0 Å². The van der Waals surface area contributed by atoms with Gasteiger partial charge in [0.2, 0.25) is 0 Å². The molecule has 4 aliphatic carbocycles. The van der Waals surface area contributed by atoms with E-state index in [2.05, 4.69) is 47.3 Å². The minimum atomic E-state index is -0.0500. The average Bonchev–Trinajstić information content (AvgIpc) is 3.06. The molecule has 0 radical (unpaired) electrons. The van der Waals surface area contributed by atoms with E-state index in [0.29, 0.717) is 16.7 Å². The van der Waals surface area contributed by atoms with Crippen LogP contribution in [0.4, 0.5) is 0 Å². The Bertz CT molecular complexity index is 674. The van der Waals surface area contributed by atoms with Gasteiger partial charge in [0.15, 0.2) is 0 Å². The van der Waals surface area contributed by atoms with Crippen molar-refractivity contribution in [1.29, 1.82) is 0 Å². The Balaban J connectivity index is 1.50. The van der Waals surface area contributed by atoms with Crippen LogP contribution in [0, 0.1) is 46.3 Å². The number of hydrogen-bond donors (Lipinski definition) is 1. The van der Waals surface area contributed by atoms with Crippen molar-refractivity contribution in [3.05, 3.63) is 23.8 Å². The van der Waals surface area contributed by atoms with Crippen LogP contribution in [-0.4, -0.2) is 11.2 Å². The highest BCUT2D eigenvalue weighted by atomic mass is 16.3. The number of aliphatic hydroxyl groups is 1. The van der Waals surface area contributed by atoms with E-state index in [0.717, 1.165) is 42.4 Å². The molecule has 3 fully saturated rings. The molecule has 0 aromatic heterocycles. The van der Waals surface area contributed by atoms with Gasteiger partial charge in [-0.1, -0.05) is 64.8 Å². The molecular weight excluding hydrogens is 364 g/mol. The average molecular weight is 413 g/mol. The highest BCUT2D eigenvalue weighted by molar-refractivity contribution is 5.30. The molecule has 4 rings (SSSR count). The number of aliphatic hydroxyl groups excluding tert-OH is 1. The highest BCUT2D eigenvalue weighted by Crippen LogP contribution is 2.66. The third-order valence-electron chi connectivity index (χ3n) is 10.8. The van der Waals surface area contributed by atoms with Gasteiger partial charge in [-0.25, -0.2) is 0 Å². The molecule has 0 aliphatic heterocycles. The van der Waals surface area contributed by atoms with Crippen LogP contribution in [0.5, 0.6) is 0 Å². The first-order valence-electron chi connectivity index (χ1n) is 13.3. The van der Waals surface area contributed by atoms with Gasteiger partial charge in [0.25, 0.3) is 0 Å². The van der Waals surface area contributed by atoms with Crippen molar-refractivity contribution in [2.75, 3.05) is 0 Å². The minimum Gasteiger partial charge on any atom is -0.393 e. The summed E-state index contributed by atoms with van der Waals surface area (Å²) in [5, 5.41) is 10.3. The molecule has 0 amide bonds. The number of hydrogen-bond acceptors (Lipinski definition) is 1. The van der Waals surface area contributed by atoms with Crippen molar-refractivity contribution in [1.82, 2.24) is 0 Å². The highest BCUT2D eigenvalue weighted by Gasteiger charge is 2.57. The van der Waals surface area contributed by atoms with Gasteiger partial charge in [0.05, 0.1) is 6.10 Å². The molecule has 0 aromatic rings. The van der Waals surface area contributed by atoms with E-state index in [1.165, 1.54) is 57.8 Å². The predicted octanol–water partition coefficient (Wildman–Crippen LogP) is 7.94. The zero-order chi connectivity index (χ0) is 21.7. The Hall–Kier alpha value is -0.560. The molecule has 0 heterocycles. The van der Waals surface area contributed by atoms with E-state index in [4.69, 9.17) is 0 Å². The zero-order valence-electron chi connectivity index (χ0n) is 20.6. The van der Waals surface area contributed by atoms with Gasteiger partial charge in [0.1, 0.15) is 0 Å². The predicted molar refractivity (Wildman–Crippen MR) is 128 cm³/mol. The monoisotopic (exact) mass is 412 g/mol. The van der Waals surface area contributed by atoms with Crippen molar-refractivity contribution in [2.45, 2.75) is 111 Å². The SMILES string of the molecule is C=C(CCC(CC)C(C)C)C1CCC2C3CCC4CC(O)CCC4(C)C3=CCC12C. The van der Waals surface area contributed by atoms with Crippen LogP contribution in [0.15, 0.2) is 23.8 Å². The summed E-state index contributed by atoms with van der Waals surface area (Å²) in [6, 6.07) is 0. The number of allylic oxidation sites excluding steroid dienone is 3. The summed E-state index contributed by atoms with van der Waals surface area (Å²) < 4.78 is 0. The van der Waals surface area contributed by atoms with Crippen molar-refractivity contribution in [3.63, 3.8) is 0 Å². The second-order valence-corrected chi connectivity index (χ2v) is 12.4. The van der Waals surface area contributed by atoms with Crippen molar-refractivity contribution >= 4 is 0 Å². The summed E-state index contributed by atoms with van der Waals surface area (Å²) >= 11 is 0. The van der Waals surface area contributed by atoms with Gasteiger partial charge in [-0.15, -0.1) is 0 Å². The largest absolute Gasteiger partial charge is 0.393 e. The van der Waals surface area contributed by atoms with Crippen LogP contribution in [0.2, 0.25) is 0 Å². The van der Waals surface area contributed by atoms with Gasteiger partial charge in [-0.3, -0.25) is 0 Å². The van der Waals surface area contributed by atoms with E-state index in [1.54, 1.807) is 5.57 Å². The topological polar surface area (TPSA) is 20.2 Å². The Kier molecular flexibility index (Phi) is 6.35. The fraction of sp³-hybridized carbons (Fsp3) is 0.862. The van der Waals surface area contributed by atoms with Gasteiger partial charge in [-0.05, 0) is 111 Å². The lowest BCUT2D eigenvalue weighted by Gasteiger charge is -2.57. The summed E-state index contributed by atoms with van der Waals surface area (Å²) in [4.78, 5) is 0. The minimum absolute atomic E-state index is 0.0500. The maximum absolute atomic E-state index is 10.3. The van der Waals surface area contributed by atoms with E-state index < -0.39 is 0 Å². The number of fused-ring (bicyclic) bond motifs is 5. The van der Waals surface area contributed by atoms with Gasteiger partial charge in [0, 0.05) is 0 Å². The summed E-state index contributed by atoms with van der Waals surface area (Å²) in [5.41, 5.74) is 4.17. The lowest BCUT2D eigenvalue weighted by molar-refractivity contribution is -0.0105. The molecule has 0 bridgehead atoms. The zero-order valence-corrected chi connectivity index (χ0v) is 20.6. The van der Waals surface area contributed by atoms with Crippen molar-refractivity contribution < 1.29 is 5.11 Å². The summed E-state index contributed by atoms with van der Waals surface area (Å²) in [6.45, 7) is 17.0. The van der Waals surface area contributed by atoms with E-state index in [1.807, 2.05) is 5.57 Å². The van der Waals surface area contributed by atoms with Gasteiger partial charge >= 0.3 is 0 Å². The lowest BCUT2D eigenvalue weighted by Crippen LogP contribution is -2.48. The fourth-order valence-corrected chi connectivity index (χ4v) is 8.73. The molecule has 4 aliphatic rings. The molecule has 170 valence electrons.